The van der Waals surface area contributed by atoms with Gasteiger partial charge in [-0.3, -0.25) is 9.59 Å². The first kappa shape index (κ1) is 25.2. The Morgan fingerprint density at radius 1 is 1.06 bits per heavy atom. The van der Waals surface area contributed by atoms with Crippen molar-refractivity contribution in [1.29, 1.82) is 0 Å². The van der Waals surface area contributed by atoms with Crippen molar-refractivity contribution < 1.29 is 19.1 Å². The van der Waals surface area contributed by atoms with Gasteiger partial charge in [-0.25, -0.2) is 0 Å². The van der Waals surface area contributed by atoms with Crippen LogP contribution in [-0.4, -0.2) is 49.5 Å². The second-order valence-electron chi connectivity index (χ2n) is 8.43. The minimum atomic E-state index is -0.352. The Morgan fingerprint density at radius 2 is 1.82 bits per heavy atom. The topological polar surface area (TPSA) is 120 Å². The Labute approximate surface area is 200 Å². The molecule has 1 aliphatic heterocycles. The third kappa shape index (κ3) is 7.59. The largest absolute Gasteiger partial charge is 0.493 e. The van der Waals surface area contributed by atoms with E-state index in [-0.39, 0.29) is 24.2 Å². The van der Waals surface area contributed by atoms with E-state index >= 15 is 0 Å². The fourth-order valence-corrected chi connectivity index (χ4v) is 3.96. The summed E-state index contributed by atoms with van der Waals surface area (Å²) in [6.07, 6.45) is 4.19. The lowest BCUT2D eigenvalue weighted by Crippen LogP contribution is -2.34. The third-order valence-corrected chi connectivity index (χ3v) is 5.74. The van der Waals surface area contributed by atoms with Crippen LogP contribution in [0.15, 0.2) is 47.5 Å². The number of guanidine groups is 1. The van der Waals surface area contributed by atoms with Crippen LogP contribution in [0.2, 0.25) is 0 Å². The van der Waals surface area contributed by atoms with Crippen LogP contribution in [0.25, 0.3) is 11.1 Å². The molecule has 34 heavy (non-hydrogen) atoms. The molecule has 0 spiro atoms. The number of methoxy groups -OCH3 is 1. The van der Waals surface area contributed by atoms with Crippen LogP contribution in [0.5, 0.6) is 5.75 Å². The molecule has 0 bridgehead atoms. The molecule has 0 unspecified atom stereocenters. The fraction of sp³-hybridized carbons (Fsp3) is 0.423. The van der Waals surface area contributed by atoms with E-state index in [1.54, 1.807) is 7.11 Å². The molecule has 3 rings (SSSR count). The van der Waals surface area contributed by atoms with Crippen LogP contribution in [0.3, 0.4) is 0 Å². The van der Waals surface area contributed by atoms with Crippen molar-refractivity contribution in [2.24, 2.45) is 16.5 Å². The number of nitrogens with two attached hydrogens (primary N) is 2. The summed E-state index contributed by atoms with van der Waals surface area (Å²) >= 11 is 0. The highest BCUT2D eigenvalue weighted by Gasteiger charge is 2.18. The maximum absolute atomic E-state index is 12.1. The van der Waals surface area contributed by atoms with Gasteiger partial charge in [0.25, 0.3) is 0 Å². The zero-order chi connectivity index (χ0) is 24.3. The highest BCUT2D eigenvalue weighted by molar-refractivity contribution is 5.91. The van der Waals surface area contributed by atoms with Crippen molar-refractivity contribution in [3.05, 3.63) is 53.6 Å². The first-order valence-electron chi connectivity index (χ1n) is 11.7. The summed E-state index contributed by atoms with van der Waals surface area (Å²) in [5, 5.41) is 0. The molecule has 8 heteroatoms. The van der Waals surface area contributed by atoms with Gasteiger partial charge in [0.15, 0.2) is 5.96 Å². The normalized spacial score (nSPS) is 13.6. The molecular weight excluding hydrogens is 432 g/mol. The lowest BCUT2D eigenvalue weighted by Gasteiger charge is -2.26. The van der Waals surface area contributed by atoms with E-state index < -0.39 is 0 Å². The van der Waals surface area contributed by atoms with Crippen LogP contribution < -0.4 is 16.2 Å². The predicted octanol–water partition coefficient (Wildman–Crippen LogP) is 3.01. The molecule has 0 atom stereocenters. The van der Waals surface area contributed by atoms with Gasteiger partial charge >= 0.3 is 0 Å². The molecule has 0 aromatic heterocycles. The Morgan fingerprint density at radius 3 is 2.53 bits per heavy atom. The Hall–Kier alpha value is -3.39. The van der Waals surface area contributed by atoms with Crippen molar-refractivity contribution in [3.8, 4) is 16.9 Å². The molecule has 2 aromatic rings. The Bertz CT molecular complexity index is 1000. The minimum absolute atomic E-state index is 0.213. The van der Waals surface area contributed by atoms with Crippen molar-refractivity contribution >= 4 is 17.8 Å². The van der Waals surface area contributed by atoms with E-state index in [4.69, 9.17) is 20.9 Å². The minimum Gasteiger partial charge on any atom is -0.493 e. The zero-order valence-electron chi connectivity index (χ0n) is 19.8. The summed E-state index contributed by atoms with van der Waals surface area (Å²) in [7, 11) is 1.67. The van der Waals surface area contributed by atoms with Crippen molar-refractivity contribution in [2.75, 3.05) is 26.9 Å². The number of hydrogen-bond donors (Lipinski definition) is 2. The molecular formula is C26H34N4O4. The van der Waals surface area contributed by atoms with E-state index in [1.807, 2.05) is 23.1 Å². The molecule has 1 fully saturated rings. The van der Waals surface area contributed by atoms with Crippen LogP contribution in [0.1, 0.15) is 43.2 Å². The number of aryl methyl sites for hydroxylation is 1. The highest BCUT2D eigenvalue weighted by atomic mass is 16.5. The molecule has 2 aromatic carbocycles. The molecule has 182 valence electrons. The summed E-state index contributed by atoms with van der Waals surface area (Å²) < 4.78 is 11.2. The number of benzene rings is 2. The van der Waals surface area contributed by atoms with E-state index in [2.05, 4.69) is 29.3 Å². The second-order valence-corrected chi connectivity index (χ2v) is 8.43. The summed E-state index contributed by atoms with van der Waals surface area (Å²) in [6.45, 7) is 2.60. The monoisotopic (exact) mass is 466 g/mol. The average Bonchev–Trinajstić information content (AvgIpc) is 2.82. The second kappa shape index (κ2) is 12.7. The summed E-state index contributed by atoms with van der Waals surface area (Å²) in [4.78, 5) is 29.4. The summed E-state index contributed by atoms with van der Waals surface area (Å²) in [5.41, 5.74) is 14.6. The molecule has 4 N–H and O–H groups in total. The smallest absolute Gasteiger partial charge is 0.249 e. The number of carbonyl (C=O) groups excluding carboxylic acids is 2. The predicted molar refractivity (Wildman–Crippen MR) is 132 cm³/mol. The Balaban J connectivity index is 1.74. The maximum atomic E-state index is 12.1. The maximum Gasteiger partial charge on any atom is 0.249 e. The van der Waals surface area contributed by atoms with Crippen molar-refractivity contribution in [1.82, 2.24) is 4.90 Å². The highest BCUT2D eigenvalue weighted by Crippen LogP contribution is 2.32. The molecule has 1 aliphatic rings. The molecule has 8 nitrogen and oxygen atoms in total. The molecule has 0 saturated carbocycles. The fourth-order valence-electron chi connectivity index (χ4n) is 3.96. The lowest BCUT2D eigenvalue weighted by atomic mass is 9.99. The van der Waals surface area contributed by atoms with E-state index in [0.717, 1.165) is 53.8 Å². The van der Waals surface area contributed by atoms with Gasteiger partial charge in [0.2, 0.25) is 11.8 Å². The molecule has 1 saturated heterocycles. The number of amides is 2. The van der Waals surface area contributed by atoms with Gasteiger partial charge in [0.1, 0.15) is 5.75 Å². The van der Waals surface area contributed by atoms with Gasteiger partial charge < -0.3 is 25.8 Å². The molecule has 2 amide bonds. The van der Waals surface area contributed by atoms with E-state index in [1.165, 1.54) is 0 Å². The van der Waals surface area contributed by atoms with Gasteiger partial charge in [-0.05, 0) is 42.0 Å². The number of carbonyl (C=O) groups is 2. The van der Waals surface area contributed by atoms with Gasteiger partial charge in [0.05, 0.1) is 6.61 Å². The van der Waals surface area contributed by atoms with E-state index in [0.29, 0.717) is 32.6 Å². The van der Waals surface area contributed by atoms with Crippen LogP contribution >= 0.6 is 0 Å². The lowest BCUT2D eigenvalue weighted by molar-refractivity contribution is -0.133. The van der Waals surface area contributed by atoms with Gasteiger partial charge in [0, 0.05) is 51.6 Å². The Kier molecular flexibility index (Phi) is 9.46. The number of rotatable bonds is 11. The number of ether oxygens (including phenoxy) is 2. The van der Waals surface area contributed by atoms with Gasteiger partial charge in [-0.15, -0.1) is 0 Å². The number of hydrogen-bond acceptors (Lipinski definition) is 4. The van der Waals surface area contributed by atoms with Crippen LogP contribution in [0.4, 0.5) is 0 Å². The summed E-state index contributed by atoms with van der Waals surface area (Å²) in [5.74, 6) is 0.405. The molecule has 1 heterocycles. The third-order valence-electron chi connectivity index (χ3n) is 5.74. The summed E-state index contributed by atoms with van der Waals surface area (Å²) in [6, 6.07) is 14.2. The van der Waals surface area contributed by atoms with Crippen molar-refractivity contribution in [2.45, 2.75) is 45.1 Å². The van der Waals surface area contributed by atoms with Crippen molar-refractivity contribution in [3.63, 3.8) is 0 Å². The number of piperidine rings is 1. The number of aliphatic imine (C=N–C) groups is 1. The standard InChI is InChI=1S/C26H34N4O4/c1-33-15-4-16-34-23-17-19(9-13-24(31)29-26(27)28)8-12-22(23)21-10-6-20(7-11-21)18-30-14-3-2-5-25(30)32/h6-8,10-12,17H,2-5,9,13-16,18H2,1H3,(H4,27,28,29,31). The van der Waals surface area contributed by atoms with E-state index in [9.17, 15) is 9.59 Å². The number of nitrogens with zero attached hydrogens (tertiary/aromatic N) is 2. The average molecular weight is 467 g/mol. The van der Waals surface area contributed by atoms with Crippen LogP contribution in [-0.2, 0) is 27.3 Å². The molecule has 0 aliphatic carbocycles. The van der Waals surface area contributed by atoms with Gasteiger partial charge in [-0.2, -0.15) is 4.99 Å². The first-order chi connectivity index (χ1) is 16.5. The van der Waals surface area contributed by atoms with Crippen LogP contribution in [0, 0.1) is 0 Å². The first-order valence-corrected chi connectivity index (χ1v) is 11.7. The number of likely N-dealkylation sites (tertiary alicyclic amines) is 1. The van der Waals surface area contributed by atoms with Gasteiger partial charge in [-0.1, -0.05) is 36.4 Å². The quantitative estimate of drug-likeness (QED) is 0.298. The zero-order valence-corrected chi connectivity index (χ0v) is 19.8. The SMILES string of the molecule is COCCCOc1cc(CCC(=O)N=C(N)N)ccc1-c1ccc(CN2CCCCC2=O)cc1. The molecule has 0 radical (unpaired) electrons.